The number of fused-ring (bicyclic) bond motifs is 1. The van der Waals surface area contributed by atoms with Crippen LogP contribution in [0.5, 0.6) is 0 Å². The number of aliphatic hydroxyl groups excluding tert-OH is 1. The van der Waals surface area contributed by atoms with Gasteiger partial charge in [0.2, 0.25) is 0 Å². The number of hydrogen-bond acceptors (Lipinski definition) is 5. The number of nitrogens with one attached hydrogen (secondary N) is 1. The van der Waals surface area contributed by atoms with Gasteiger partial charge in [-0.25, -0.2) is 13.5 Å². The van der Waals surface area contributed by atoms with Crippen LogP contribution in [-0.4, -0.2) is 40.8 Å². The predicted molar refractivity (Wildman–Crippen MR) is 148 cm³/mol. The zero-order valence-corrected chi connectivity index (χ0v) is 22.6. The van der Waals surface area contributed by atoms with Gasteiger partial charge >= 0.3 is 0 Å². The fourth-order valence-corrected chi connectivity index (χ4v) is 5.95. The summed E-state index contributed by atoms with van der Waals surface area (Å²) < 4.78 is 15.0. The third-order valence-corrected chi connectivity index (χ3v) is 8.06. The Balaban J connectivity index is 1.80. The molecule has 0 unspecified atom stereocenters. The second-order valence-corrected chi connectivity index (χ2v) is 12.2. The first kappa shape index (κ1) is 26.9. The maximum absolute atomic E-state index is 13.5. The van der Waals surface area contributed by atoms with Crippen LogP contribution >= 0.6 is 0 Å². The van der Waals surface area contributed by atoms with E-state index >= 15 is 0 Å². The Morgan fingerprint density at radius 3 is 2.70 bits per heavy atom. The van der Waals surface area contributed by atoms with Crippen molar-refractivity contribution in [1.29, 1.82) is 0 Å². The van der Waals surface area contributed by atoms with Gasteiger partial charge in [-0.05, 0) is 69.5 Å². The average Bonchev–Trinajstić information content (AvgIpc) is 3.25. The molecular weight excluding hydrogens is 484 g/mol. The summed E-state index contributed by atoms with van der Waals surface area (Å²) in [5, 5.41) is 12.8. The van der Waals surface area contributed by atoms with Crippen LogP contribution in [0.15, 0.2) is 60.8 Å². The summed E-state index contributed by atoms with van der Waals surface area (Å²) in [4.78, 5) is 22.4. The van der Waals surface area contributed by atoms with Crippen LogP contribution in [0.4, 0.5) is 0 Å². The van der Waals surface area contributed by atoms with Crippen molar-refractivity contribution < 1.29 is 14.1 Å². The minimum absolute atomic E-state index is 0.0493. The Morgan fingerprint density at radius 2 is 2.03 bits per heavy atom. The Labute approximate surface area is 221 Å². The third kappa shape index (κ3) is 6.04. The van der Waals surface area contributed by atoms with E-state index in [0.29, 0.717) is 24.4 Å². The van der Waals surface area contributed by atoms with Gasteiger partial charge in [0.15, 0.2) is 0 Å². The lowest BCUT2D eigenvalue weighted by Gasteiger charge is -2.30. The Morgan fingerprint density at radius 1 is 1.22 bits per heavy atom. The summed E-state index contributed by atoms with van der Waals surface area (Å²) in [6.07, 6.45) is 6.10. The molecule has 1 aromatic carbocycles. The molecule has 0 saturated heterocycles. The minimum atomic E-state index is -1.31. The number of nitrogens with zero attached hydrogens (tertiary/aromatic N) is 3. The van der Waals surface area contributed by atoms with E-state index in [1.807, 2.05) is 86.6 Å². The largest absolute Gasteiger partial charge is 0.396 e. The van der Waals surface area contributed by atoms with E-state index in [2.05, 4.69) is 10.3 Å². The van der Waals surface area contributed by atoms with Gasteiger partial charge in [-0.1, -0.05) is 36.4 Å². The molecule has 194 valence electrons. The molecule has 0 saturated carbocycles. The number of aliphatic hydroxyl groups is 1. The van der Waals surface area contributed by atoms with Gasteiger partial charge in [-0.2, -0.15) is 0 Å². The summed E-state index contributed by atoms with van der Waals surface area (Å²) in [5.74, 6) is -0.298. The van der Waals surface area contributed by atoms with E-state index in [0.717, 1.165) is 27.9 Å². The van der Waals surface area contributed by atoms with E-state index in [1.54, 1.807) is 12.3 Å². The first-order chi connectivity index (χ1) is 17.7. The Hall–Kier alpha value is -3.20. The van der Waals surface area contributed by atoms with Crippen LogP contribution in [0.2, 0.25) is 0 Å². The number of aromatic nitrogens is 2. The molecule has 0 radical (unpaired) electrons. The normalized spacial score (nSPS) is 16.6. The third-order valence-electron chi connectivity index (χ3n) is 6.20. The highest BCUT2D eigenvalue weighted by Gasteiger charge is 2.40. The van der Waals surface area contributed by atoms with E-state index < -0.39 is 15.7 Å². The molecule has 0 aliphatic carbocycles. The van der Waals surface area contributed by atoms with Crippen molar-refractivity contribution >= 4 is 23.0 Å². The number of rotatable bonds is 8. The van der Waals surface area contributed by atoms with E-state index in [1.165, 1.54) is 0 Å². The molecule has 8 heteroatoms. The van der Waals surface area contributed by atoms with Crippen molar-refractivity contribution in [1.82, 2.24) is 19.6 Å². The number of carbonyl (C=O) groups is 1. The number of hydrogen-bond donors (Lipinski definition) is 2. The van der Waals surface area contributed by atoms with Crippen molar-refractivity contribution in [2.45, 2.75) is 58.0 Å². The molecule has 3 aromatic rings. The quantitative estimate of drug-likeness (QED) is 0.446. The lowest BCUT2D eigenvalue weighted by Crippen LogP contribution is -2.36. The molecule has 3 heterocycles. The zero-order chi connectivity index (χ0) is 26.6. The molecule has 0 bridgehead atoms. The molecule has 0 fully saturated rings. The summed E-state index contributed by atoms with van der Waals surface area (Å²) in [7, 11) is -1.31. The van der Waals surface area contributed by atoms with Gasteiger partial charge < -0.3 is 10.4 Å². The maximum atomic E-state index is 13.5. The SMILES string of the molecule is C/C=C/c1cccc(-c2nc(C(=O)NCc3ccccn3)cc3c2[C@H](CCO)N([S@@](=O)C(C)(C)C)C3)c1. The van der Waals surface area contributed by atoms with Crippen molar-refractivity contribution in [3.63, 3.8) is 0 Å². The van der Waals surface area contributed by atoms with Crippen LogP contribution in [0.25, 0.3) is 17.3 Å². The summed E-state index contributed by atoms with van der Waals surface area (Å²) in [5.41, 5.74) is 5.45. The standard InChI is InChI=1S/C29H34N4O3S/c1-5-9-20-10-8-11-21(16-20)27-26-22(19-33(25(26)13-15-34)37(36)29(2,3)4)17-24(32-27)28(35)31-18-23-12-6-7-14-30-23/h5-12,14,16-17,25,34H,13,15,18-19H2,1-4H3,(H,31,35)/b9-5+/t25-,37-/m0/s1. The zero-order valence-electron chi connectivity index (χ0n) is 21.8. The fourth-order valence-electron chi connectivity index (χ4n) is 4.55. The van der Waals surface area contributed by atoms with Crippen LogP contribution in [-0.2, 0) is 24.1 Å². The molecule has 7 nitrogen and oxygen atoms in total. The molecule has 2 N–H and O–H groups in total. The summed E-state index contributed by atoms with van der Waals surface area (Å²) in [6, 6.07) is 15.1. The van der Waals surface area contributed by atoms with Gasteiger partial charge in [0, 0.05) is 30.5 Å². The summed E-state index contributed by atoms with van der Waals surface area (Å²) in [6.45, 7) is 8.44. The second-order valence-electron chi connectivity index (χ2n) is 10.0. The van der Waals surface area contributed by atoms with E-state index in [9.17, 15) is 14.1 Å². The number of carbonyl (C=O) groups excluding carboxylic acids is 1. The van der Waals surface area contributed by atoms with Crippen LogP contribution < -0.4 is 5.32 Å². The Kier molecular flexibility index (Phi) is 8.32. The van der Waals surface area contributed by atoms with Crippen molar-refractivity contribution in [3.05, 3.63) is 88.9 Å². The molecular formula is C29H34N4O3S. The molecule has 2 aromatic heterocycles. The van der Waals surface area contributed by atoms with Crippen molar-refractivity contribution in [2.75, 3.05) is 6.61 Å². The summed E-state index contributed by atoms with van der Waals surface area (Å²) >= 11 is 0. The van der Waals surface area contributed by atoms with Gasteiger partial charge in [0.25, 0.3) is 5.91 Å². The highest BCUT2D eigenvalue weighted by Crippen LogP contribution is 2.44. The molecule has 1 aliphatic rings. The van der Waals surface area contributed by atoms with Crippen LogP contribution in [0.1, 0.15) is 73.0 Å². The average molecular weight is 519 g/mol. The monoisotopic (exact) mass is 518 g/mol. The lowest BCUT2D eigenvalue weighted by molar-refractivity contribution is 0.0945. The van der Waals surface area contributed by atoms with Gasteiger partial charge in [-0.3, -0.25) is 9.78 Å². The smallest absolute Gasteiger partial charge is 0.270 e. The highest BCUT2D eigenvalue weighted by molar-refractivity contribution is 7.84. The van der Waals surface area contributed by atoms with Crippen LogP contribution in [0.3, 0.4) is 0 Å². The molecule has 2 atom stereocenters. The molecule has 1 aliphatic heterocycles. The number of benzene rings is 1. The number of pyridine rings is 2. The van der Waals surface area contributed by atoms with Gasteiger partial charge in [0.1, 0.15) is 16.7 Å². The first-order valence-corrected chi connectivity index (χ1v) is 13.6. The predicted octanol–water partition coefficient (Wildman–Crippen LogP) is 4.81. The van der Waals surface area contributed by atoms with Crippen molar-refractivity contribution in [2.24, 2.45) is 0 Å². The van der Waals surface area contributed by atoms with Crippen LogP contribution in [0, 0.1) is 0 Å². The molecule has 0 spiro atoms. The topological polar surface area (TPSA) is 95.4 Å². The molecule has 1 amide bonds. The maximum Gasteiger partial charge on any atom is 0.270 e. The number of amides is 1. The first-order valence-electron chi connectivity index (χ1n) is 12.5. The van der Waals surface area contributed by atoms with E-state index in [-0.39, 0.29) is 25.1 Å². The van der Waals surface area contributed by atoms with Crippen molar-refractivity contribution in [3.8, 4) is 11.3 Å². The molecule has 37 heavy (non-hydrogen) atoms. The minimum Gasteiger partial charge on any atom is -0.396 e. The Bertz CT molecular complexity index is 1320. The van der Waals surface area contributed by atoms with Gasteiger partial charge in [-0.15, -0.1) is 0 Å². The lowest BCUT2D eigenvalue weighted by atomic mass is 9.95. The highest BCUT2D eigenvalue weighted by atomic mass is 32.2. The fraction of sp³-hybridized carbons (Fsp3) is 0.345. The van der Waals surface area contributed by atoms with E-state index in [4.69, 9.17) is 4.98 Å². The van der Waals surface area contributed by atoms with Gasteiger partial charge in [0.05, 0.1) is 28.7 Å². The molecule has 4 rings (SSSR count). The second kappa shape index (κ2) is 11.5. The number of allylic oxidation sites excluding steroid dienone is 1.